The van der Waals surface area contributed by atoms with E-state index in [2.05, 4.69) is 21.2 Å². The van der Waals surface area contributed by atoms with Gasteiger partial charge in [-0.2, -0.15) is 13.2 Å². The molecule has 0 aliphatic rings. The maximum absolute atomic E-state index is 12.9. The first-order valence-corrected chi connectivity index (χ1v) is 7.63. The van der Waals surface area contributed by atoms with Gasteiger partial charge in [-0.1, -0.05) is 29.8 Å². The number of halogens is 5. The quantitative estimate of drug-likeness (QED) is 0.720. The number of alkyl halides is 4. The molecule has 0 fully saturated rings. The van der Waals surface area contributed by atoms with Crippen molar-refractivity contribution in [3.63, 3.8) is 0 Å². The molecule has 2 nitrogen and oxygen atoms in total. The van der Waals surface area contributed by atoms with E-state index in [4.69, 9.17) is 11.6 Å². The second kappa shape index (κ2) is 7.49. The van der Waals surface area contributed by atoms with Gasteiger partial charge in [0.05, 0.1) is 16.5 Å². The zero-order valence-corrected chi connectivity index (χ0v) is 13.9. The van der Waals surface area contributed by atoms with Crippen LogP contribution in [-0.4, -0.2) is 17.8 Å². The lowest BCUT2D eigenvalue weighted by molar-refractivity contribution is -0.138. The number of nitrogens with one attached hydrogen (secondary N) is 1. The molecule has 0 aliphatic carbocycles. The number of rotatable bonds is 5. The van der Waals surface area contributed by atoms with Gasteiger partial charge in [0.1, 0.15) is 0 Å². The molecular weight excluding hydrogens is 371 g/mol. The Kier molecular flexibility index (Phi) is 6.53. The van der Waals surface area contributed by atoms with Crippen molar-refractivity contribution in [3.05, 3.63) is 33.8 Å². The Morgan fingerprint density at radius 2 is 2.00 bits per heavy atom. The van der Waals surface area contributed by atoms with E-state index < -0.39 is 23.2 Å². The number of benzene rings is 1. The number of carbonyl (C=O) groups is 1. The number of hydrogen-bond donors (Lipinski definition) is 1. The summed E-state index contributed by atoms with van der Waals surface area (Å²) in [6.07, 6.45) is -3.91. The molecule has 0 saturated carbocycles. The Hall–Kier alpha value is -0.750. The summed E-state index contributed by atoms with van der Waals surface area (Å²) in [5.41, 5.74) is -1.37. The lowest BCUT2D eigenvalue weighted by Gasteiger charge is -2.15. The molecule has 0 heterocycles. The van der Waals surface area contributed by atoms with Crippen LogP contribution in [0.15, 0.2) is 22.7 Å². The summed E-state index contributed by atoms with van der Waals surface area (Å²) >= 11 is 8.99. The second-order valence-electron chi connectivity index (χ2n) is 5.12. The minimum Gasteiger partial charge on any atom is -0.351 e. The van der Waals surface area contributed by atoms with Gasteiger partial charge < -0.3 is 5.32 Å². The Labute approximate surface area is 135 Å². The van der Waals surface area contributed by atoms with Crippen LogP contribution in [0.2, 0.25) is 0 Å². The summed E-state index contributed by atoms with van der Waals surface area (Å²) in [4.78, 5) is 11.9. The summed E-state index contributed by atoms with van der Waals surface area (Å²) in [5, 5.41) is 2.14. The average molecular weight is 387 g/mol. The highest BCUT2D eigenvalue weighted by Gasteiger charge is 2.35. The molecule has 0 bridgehead atoms. The van der Waals surface area contributed by atoms with E-state index in [1.54, 1.807) is 0 Å². The molecular formula is C14H16BrClF3NO. The van der Waals surface area contributed by atoms with Crippen molar-refractivity contribution >= 4 is 33.4 Å². The normalized spacial score (nSPS) is 13.3. The first kappa shape index (κ1) is 18.3. The van der Waals surface area contributed by atoms with Crippen molar-refractivity contribution < 1.29 is 18.0 Å². The minimum atomic E-state index is -4.59. The van der Waals surface area contributed by atoms with Gasteiger partial charge in [0, 0.05) is 11.0 Å². The van der Waals surface area contributed by atoms with E-state index in [1.165, 1.54) is 6.07 Å². The van der Waals surface area contributed by atoms with Gasteiger partial charge in [0.25, 0.3) is 5.91 Å². The fourth-order valence-corrected chi connectivity index (χ4v) is 2.64. The maximum Gasteiger partial charge on any atom is 0.417 e. The summed E-state index contributed by atoms with van der Waals surface area (Å²) < 4.78 is 39.1. The van der Waals surface area contributed by atoms with Crippen molar-refractivity contribution in [2.24, 2.45) is 5.92 Å². The lowest BCUT2D eigenvalue weighted by Crippen LogP contribution is -2.31. The standard InChI is InChI=1S/C14H16BrClF3NO/c1-8(2)5-10(16)7-20-13(21)11-4-3-9(15)6-12(11)14(17,18)19/h3-4,6,8,10H,5,7H2,1-2H3,(H,20,21). The maximum atomic E-state index is 12.9. The molecule has 0 radical (unpaired) electrons. The number of hydrogen-bond acceptors (Lipinski definition) is 1. The predicted octanol–water partition coefficient (Wildman–Crippen LogP) is 4.85. The van der Waals surface area contributed by atoms with Crippen LogP contribution in [0.4, 0.5) is 13.2 Å². The molecule has 118 valence electrons. The molecule has 1 atom stereocenters. The molecule has 1 amide bonds. The van der Waals surface area contributed by atoms with E-state index in [0.29, 0.717) is 12.3 Å². The second-order valence-corrected chi connectivity index (χ2v) is 6.66. The van der Waals surface area contributed by atoms with E-state index in [-0.39, 0.29) is 16.4 Å². The Balaban J connectivity index is 2.83. The Morgan fingerprint density at radius 3 is 2.52 bits per heavy atom. The van der Waals surface area contributed by atoms with Gasteiger partial charge in [-0.05, 0) is 30.5 Å². The predicted molar refractivity (Wildman–Crippen MR) is 80.6 cm³/mol. The van der Waals surface area contributed by atoms with Crippen molar-refractivity contribution in [2.45, 2.75) is 31.8 Å². The van der Waals surface area contributed by atoms with Gasteiger partial charge in [-0.25, -0.2) is 0 Å². The van der Waals surface area contributed by atoms with Crippen molar-refractivity contribution in [1.82, 2.24) is 5.32 Å². The smallest absolute Gasteiger partial charge is 0.351 e. The average Bonchev–Trinajstić information content (AvgIpc) is 2.34. The fourth-order valence-electron chi connectivity index (χ4n) is 1.84. The summed E-state index contributed by atoms with van der Waals surface area (Å²) in [7, 11) is 0. The Morgan fingerprint density at radius 1 is 1.38 bits per heavy atom. The molecule has 0 spiro atoms. The van der Waals surface area contributed by atoms with Crippen LogP contribution in [0.1, 0.15) is 36.2 Å². The lowest BCUT2D eigenvalue weighted by atomic mass is 10.1. The van der Waals surface area contributed by atoms with Crippen molar-refractivity contribution in [1.29, 1.82) is 0 Å². The van der Waals surface area contributed by atoms with Gasteiger partial charge in [-0.3, -0.25) is 4.79 Å². The third kappa shape index (κ3) is 5.87. The van der Waals surface area contributed by atoms with Gasteiger partial charge in [-0.15, -0.1) is 11.6 Å². The highest BCUT2D eigenvalue weighted by molar-refractivity contribution is 9.10. The first-order valence-electron chi connectivity index (χ1n) is 6.40. The molecule has 0 saturated heterocycles. The zero-order chi connectivity index (χ0) is 16.2. The monoisotopic (exact) mass is 385 g/mol. The summed E-state index contributed by atoms with van der Waals surface area (Å²) in [6, 6.07) is 3.44. The molecule has 1 aromatic rings. The minimum absolute atomic E-state index is 0.131. The van der Waals surface area contributed by atoms with Crippen molar-refractivity contribution in [3.8, 4) is 0 Å². The summed E-state index contributed by atoms with van der Waals surface area (Å²) in [6.45, 7) is 4.09. The topological polar surface area (TPSA) is 29.1 Å². The highest BCUT2D eigenvalue weighted by atomic mass is 79.9. The molecule has 7 heteroatoms. The first-order chi connectivity index (χ1) is 9.61. The van der Waals surface area contributed by atoms with Crippen LogP contribution in [0.25, 0.3) is 0 Å². The van der Waals surface area contributed by atoms with Crippen LogP contribution >= 0.6 is 27.5 Å². The van der Waals surface area contributed by atoms with Gasteiger partial charge in [0.2, 0.25) is 0 Å². The fraction of sp³-hybridized carbons (Fsp3) is 0.500. The van der Waals surface area contributed by atoms with E-state index in [9.17, 15) is 18.0 Å². The van der Waals surface area contributed by atoms with Crippen LogP contribution in [-0.2, 0) is 6.18 Å². The molecule has 1 unspecified atom stereocenters. The molecule has 21 heavy (non-hydrogen) atoms. The molecule has 0 aliphatic heterocycles. The molecule has 0 aromatic heterocycles. The zero-order valence-electron chi connectivity index (χ0n) is 11.6. The highest BCUT2D eigenvalue weighted by Crippen LogP contribution is 2.33. The largest absolute Gasteiger partial charge is 0.417 e. The van der Waals surface area contributed by atoms with E-state index >= 15 is 0 Å². The van der Waals surface area contributed by atoms with Crippen LogP contribution < -0.4 is 5.32 Å². The SMILES string of the molecule is CC(C)CC(Cl)CNC(=O)c1ccc(Br)cc1C(F)(F)F. The Bertz CT molecular complexity index is 505. The van der Waals surface area contributed by atoms with Crippen LogP contribution in [0, 0.1) is 5.92 Å². The molecule has 1 N–H and O–H groups in total. The number of amides is 1. The van der Waals surface area contributed by atoms with Crippen LogP contribution in [0.3, 0.4) is 0 Å². The molecule has 1 aromatic carbocycles. The van der Waals surface area contributed by atoms with Gasteiger partial charge in [0.15, 0.2) is 0 Å². The van der Waals surface area contributed by atoms with Gasteiger partial charge >= 0.3 is 6.18 Å². The third-order valence-corrected chi connectivity index (χ3v) is 3.57. The number of carbonyl (C=O) groups excluding carboxylic acids is 1. The summed E-state index contributed by atoms with van der Waals surface area (Å²) in [5.74, 6) is -0.424. The van der Waals surface area contributed by atoms with E-state index in [0.717, 1.165) is 12.1 Å². The van der Waals surface area contributed by atoms with Crippen LogP contribution in [0.5, 0.6) is 0 Å². The van der Waals surface area contributed by atoms with Crippen molar-refractivity contribution in [2.75, 3.05) is 6.54 Å². The molecule has 1 rings (SSSR count). The van der Waals surface area contributed by atoms with E-state index in [1.807, 2.05) is 13.8 Å². The third-order valence-electron chi connectivity index (χ3n) is 2.74.